The predicted octanol–water partition coefficient (Wildman–Crippen LogP) is 2.99. The van der Waals surface area contributed by atoms with Gasteiger partial charge in [0.15, 0.2) is 0 Å². The lowest BCUT2D eigenvalue weighted by atomic mass is 10.0. The normalized spacial score (nSPS) is 15.8. The van der Waals surface area contributed by atoms with E-state index in [-0.39, 0.29) is 11.7 Å². The van der Waals surface area contributed by atoms with Crippen LogP contribution in [0.15, 0.2) is 12.1 Å². The molecule has 144 valence electrons. The van der Waals surface area contributed by atoms with Gasteiger partial charge in [0.05, 0.1) is 18.4 Å². The van der Waals surface area contributed by atoms with Crippen molar-refractivity contribution < 1.29 is 23.1 Å². The van der Waals surface area contributed by atoms with Crippen molar-refractivity contribution in [2.75, 3.05) is 32.1 Å². The first-order valence-corrected chi connectivity index (χ1v) is 8.67. The Morgan fingerprint density at radius 1 is 1.23 bits per heavy atom. The highest BCUT2D eigenvalue weighted by Gasteiger charge is 2.22. The van der Waals surface area contributed by atoms with Crippen LogP contribution < -0.4 is 10.6 Å². The van der Waals surface area contributed by atoms with Crippen LogP contribution in [0, 0.1) is 17.6 Å². The molecule has 0 radical (unpaired) electrons. The summed E-state index contributed by atoms with van der Waals surface area (Å²) in [6.45, 7) is 7.13. The molecule has 2 amide bonds. The highest BCUT2D eigenvalue weighted by Crippen LogP contribution is 2.20. The van der Waals surface area contributed by atoms with E-state index < -0.39 is 29.2 Å². The summed E-state index contributed by atoms with van der Waals surface area (Å²) in [5.74, 6) is -2.35. The minimum Gasteiger partial charge on any atom is -0.465 e. The van der Waals surface area contributed by atoms with Gasteiger partial charge in [-0.15, -0.1) is 0 Å². The van der Waals surface area contributed by atoms with E-state index in [0.29, 0.717) is 12.0 Å². The second-order valence-corrected chi connectivity index (χ2v) is 6.87. The zero-order valence-corrected chi connectivity index (χ0v) is 15.3. The smallest absolute Gasteiger partial charge is 0.340 e. The van der Waals surface area contributed by atoms with Gasteiger partial charge >= 0.3 is 12.0 Å². The van der Waals surface area contributed by atoms with Crippen LogP contribution in [0.4, 0.5) is 19.3 Å². The van der Waals surface area contributed by atoms with Gasteiger partial charge in [-0.05, 0) is 24.8 Å². The summed E-state index contributed by atoms with van der Waals surface area (Å²) in [7, 11) is 1.09. The summed E-state index contributed by atoms with van der Waals surface area (Å²) in [4.78, 5) is 26.0. The molecule has 1 saturated heterocycles. The van der Waals surface area contributed by atoms with Crippen molar-refractivity contribution in [2.24, 2.45) is 5.92 Å². The lowest BCUT2D eigenvalue weighted by Gasteiger charge is -2.33. The maximum Gasteiger partial charge on any atom is 0.340 e. The standard InChI is InChI=1S/C18H25F2N3O3/c1-11(2)10-23-6-4-12(5-7-23)21-18(25)22-16-8-13(17(24)26-3)14(19)9-15(16)20/h8-9,11-12H,4-7,10H2,1-3H3,(H2,21,22,25). The van der Waals surface area contributed by atoms with E-state index in [0.717, 1.165) is 45.7 Å². The van der Waals surface area contributed by atoms with Crippen LogP contribution in [0.25, 0.3) is 0 Å². The molecule has 8 heteroatoms. The van der Waals surface area contributed by atoms with Crippen molar-refractivity contribution in [1.82, 2.24) is 10.2 Å². The summed E-state index contributed by atoms with van der Waals surface area (Å²) in [6.07, 6.45) is 1.61. The van der Waals surface area contributed by atoms with Gasteiger partial charge in [0.25, 0.3) is 0 Å². The van der Waals surface area contributed by atoms with Gasteiger partial charge in [-0.1, -0.05) is 13.8 Å². The Morgan fingerprint density at radius 2 is 1.88 bits per heavy atom. The molecule has 0 unspecified atom stereocenters. The zero-order valence-electron chi connectivity index (χ0n) is 15.3. The van der Waals surface area contributed by atoms with Crippen LogP contribution in [-0.2, 0) is 4.74 Å². The summed E-state index contributed by atoms with van der Waals surface area (Å²) in [5, 5.41) is 5.13. The second-order valence-electron chi connectivity index (χ2n) is 6.87. The molecule has 6 nitrogen and oxygen atoms in total. The summed E-state index contributed by atoms with van der Waals surface area (Å²) in [6, 6.07) is 0.878. The van der Waals surface area contributed by atoms with Gasteiger partial charge in [-0.2, -0.15) is 0 Å². The minimum atomic E-state index is -1.04. The highest BCUT2D eigenvalue weighted by atomic mass is 19.1. The number of ether oxygens (including phenoxy) is 1. The van der Waals surface area contributed by atoms with Crippen LogP contribution in [-0.4, -0.2) is 49.7 Å². The van der Waals surface area contributed by atoms with Crippen LogP contribution in [0.2, 0.25) is 0 Å². The number of benzene rings is 1. The molecule has 2 rings (SSSR count). The van der Waals surface area contributed by atoms with Crippen LogP contribution in [0.1, 0.15) is 37.0 Å². The monoisotopic (exact) mass is 369 g/mol. The Hall–Kier alpha value is -2.22. The SMILES string of the molecule is COC(=O)c1cc(NC(=O)NC2CCN(CC(C)C)CC2)c(F)cc1F. The quantitative estimate of drug-likeness (QED) is 0.783. The van der Waals surface area contributed by atoms with Crippen LogP contribution in [0.3, 0.4) is 0 Å². The van der Waals surface area contributed by atoms with E-state index in [1.54, 1.807) is 0 Å². The molecule has 0 atom stereocenters. The lowest BCUT2D eigenvalue weighted by Crippen LogP contribution is -2.46. The molecule has 1 aromatic rings. The molecule has 1 aliphatic rings. The number of nitrogens with zero attached hydrogens (tertiary/aromatic N) is 1. The van der Waals surface area contributed by atoms with E-state index in [1.807, 2.05) is 0 Å². The molecule has 0 bridgehead atoms. The molecule has 1 aromatic carbocycles. The number of halogens is 2. The number of likely N-dealkylation sites (tertiary alicyclic amines) is 1. The van der Waals surface area contributed by atoms with Crippen molar-refractivity contribution in [2.45, 2.75) is 32.7 Å². The third-order valence-corrected chi connectivity index (χ3v) is 4.26. The number of carbonyl (C=O) groups is 2. The number of hydrogen-bond donors (Lipinski definition) is 2. The maximum atomic E-state index is 13.9. The van der Waals surface area contributed by atoms with Crippen molar-refractivity contribution >= 4 is 17.7 Å². The second kappa shape index (κ2) is 8.93. The predicted molar refractivity (Wildman–Crippen MR) is 94.2 cm³/mol. The number of anilines is 1. The van der Waals surface area contributed by atoms with E-state index >= 15 is 0 Å². The van der Waals surface area contributed by atoms with Crippen molar-refractivity contribution in [1.29, 1.82) is 0 Å². The van der Waals surface area contributed by atoms with E-state index in [4.69, 9.17) is 0 Å². The van der Waals surface area contributed by atoms with E-state index in [9.17, 15) is 18.4 Å². The van der Waals surface area contributed by atoms with Gasteiger partial charge in [0.1, 0.15) is 11.6 Å². The third kappa shape index (κ3) is 5.39. The van der Waals surface area contributed by atoms with Crippen molar-refractivity contribution in [3.05, 3.63) is 29.3 Å². The Kier molecular flexibility index (Phi) is 6.90. The molecule has 0 aliphatic carbocycles. The third-order valence-electron chi connectivity index (χ3n) is 4.26. The molecule has 1 aliphatic heterocycles. The topological polar surface area (TPSA) is 70.7 Å². The average molecular weight is 369 g/mol. The fourth-order valence-electron chi connectivity index (χ4n) is 3.03. The summed E-state index contributed by atoms with van der Waals surface area (Å²) < 4.78 is 31.9. The van der Waals surface area contributed by atoms with Crippen LogP contribution >= 0.6 is 0 Å². The number of methoxy groups -OCH3 is 1. The van der Waals surface area contributed by atoms with Crippen LogP contribution in [0.5, 0.6) is 0 Å². The number of carbonyl (C=O) groups excluding carboxylic acids is 2. The number of esters is 1. The van der Waals surface area contributed by atoms with Gasteiger partial charge < -0.3 is 20.3 Å². The number of nitrogens with one attached hydrogen (secondary N) is 2. The summed E-state index contributed by atoms with van der Waals surface area (Å²) >= 11 is 0. The molecular weight excluding hydrogens is 344 g/mol. The van der Waals surface area contributed by atoms with Crippen molar-refractivity contribution in [3.63, 3.8) is 0 Å². The van der Waals surface area contributed by atoms with Gasteiger partial charge in [0.2, 0.25) is 0 Å². The number of rotatable bonds is 5. The molecule has 2 N–H and O–H groups in total. The highest BCUT2D eigenvalue weighted by molar-refractivity contribution is 5.94. The van der Waals surface area contributed by atoms with Gasteiger partial charge in [-0.3, -0.25) is 0 Å². The number of piperidine rings is 1. The lowest BCUT2D eigenvalue weighted by molar-refractivity contribution is 0.0595. The van der Waals surface area contributed by atoms with Gasteiger partial charge in [0, 0.05) is 31.7 Å². The Morgan fingerprint density at radius 3 is 2.46 bits per heavy atom. The Bertz CT molecular complexity index is 659. The molecule has 0 saturated carbocycles. The first-order chi connectivity index (χ1) is 12.3. The van der Waals surface area contributed by atoms with E-state index in [2.05, 4.69) is 34.1 Å². The van der Waals surface area contributed by atoms with E-state index in [1.165, 1.54) is 0 Å². The summed E-state index contributed by atoms with van der Waals surface area (Å²) in [5.41, 5.74) is -0.715. The number of urea groups is 1. The molecule has 1 fully saturated rings. The number of hydrogen-bond acceptors (Lipinski definition) is 4. The molecule has 1 heterocycles. The zero-order chi connectivity index (χ0) is 19.3. The Balaban J connectivity index is 1.93. The molecule has 0 spiro atoms. The molecular formula is C18H25F2N3O3. The maximum absolute atomic E-state index is 13.9. The van der Waals surface area contributed by atoms with Gasteiger partial charge in [-0.25, -0.2) is 18.4 Å². The average Bonchev–Trinajstić information content (AvgIpc) is 2.58. The number of amides is 2. The fourth-order valence-corrected chi connectivity index (χ4v) is 3.03. The largest absolute Gasteiger partial charge is 0.465 e. The minimum absolute atomic E-state index is 0.0120. The van der Waals surface area contributed by atoms with Crippen molar-refractivity contribution in [3.8, 4) is 0 Å². The first-order valence-electron chi connectivity index (χ1n) is 8.67. The first kappa shape index (κ1) is 20.1. The molecule has 0 aromatic heterocycles. The fraction of sp³-hybridized carbons (Fsp3) is 0.556. The Labute approximate surface area is 151 Å². The molecule has 26 heavy (non-hydrogen) atoms.